The zero-order chi connectivity index (χ0) is 51.0. The molecule has 2 aliphatic heterocycles. The normalized spacial score (nSPS) is 15.4. The molecule has 0 unspecified atom stereocenters. The summed E-state index contributed by atoms with van der Waals surface area (Å²) in [6.07, 6.45) is 0.904. The first-order chi connectivity index (χ1) is 38.2. The van der Waals surface area contributed by atoms with Crippen LogP contribution >= 0.6 is 0 Å². The van der Waals surface area contributed by atoms with Gasteiger partial charge in [0.25, 0.3) is 0 Å². The van der Waals surface area contributed by atoms with Crippen molar-refractivity contribution in [1.82, 2.24) is 0 Å². The second-order valence-electron chi connectivity index (χ2n) is 21.3. The van der Waals surface area contributed by atoms with Crippen molar-refractivity contribution in [3.8, 4) is 11.1 Å². The Morgan fingerprint density at radius 1 is 0.221 bits per heavy atom. The van der Waals surface area contributed by atoms with E-state index in [1.165, 1.54) is 108 Å². The van der Waals surface area contributed by atoms with E-state index in [-0.39, 0.29) is 0 Å². The largest absolute Gasteiger partial charge is 0.180 e. The second kappa shape index (κ2) is 17.9. The maximum absolute atomic E-state index is 3.07. The molecule has 0 amide bonds. The Hall–Kier alpha value is -8.93. The fourth-order valence-corrected chi connectivity index (χ4v) is 25.6. The van der Waals surface area contributed by atoms with Crippen molar-refractivity contribution in [1.29, 1.82) is 0 Å². The van der Waals surface area contributed by atoms with Crippen LogP contribution in [0.1, 0.15) is 55.6 Å². The molecule has 0 bridgehead atoms. The Kier molecular flexibility index (Phi) is 10.5. The average molecular weight is 1010 g/mol. The summed E-state index contributed by atoms with van der Waals surface area (Å²) < 4.78 is 0. The van der Waals surface area contributed by atoms with Crippen molar-refractivity contribution < 1.29 is 0 Å². The van der Waals surface area contributed by atoms with Gasteiger partial charge in [-0.15, -0.1) is 0 Å². The third kappa shape index (κ3) is 6.26. The van der Waals surface area contributed by atoms with Crippen molar-refractivity contribution in [3.05, 3.63) is 371 Å². The van der Waals surface area contributed by atoms with Crippen LogP contribution in [0.4, 0.5) is 0 Å². The topological polar surface area (TPSA) is 0 Å². The zero-order valence-electron chi connectivity index (χ0n) is 42.7. The molecule has 2 heterocycles. The molecule has 2 heteroatoms. The first-order valence-corrected chi connectivity index (χ1v) is 31.2. The summed E-state index contributed by atoms with van der Waals surface area (Å²) in [6, 6.07) is 122. The van der Waals surface area contributed by atoms with Gasteiger partial charge in [-0.25, -0.2) is 0 Å². The highest BCUT2D eigenvalue weighted by molar-refractivity contribution is 7.21. The van der Waals surface area contributed by atoms with Crippen molar-refractivity contribution in [2.45, 2.75) is 17.3 Å². The summed E-state index contributed by atoms with van der Waals surface area (Å²) in [5.74, 6) is 0. The Morgan fingerprint density at radius 2 is 0.468 bits per heavy atom. The SMILES string of the molecule is c1ccc(C2(c3ccccc3)c3ccccc3[Si](c3ccccc3)(c3ccc4c(c3)-c3cc([Si]5(c6ccccc6)c6ccccc6C(c6ccccc6)(c6ccccc6)c6ccccc65)ccc3C4)c3ccccc32)cc1. The molecule has 0 N–H and O–H groups in total. The van der Waals surface area contributed by atoms with Crippen molar-refractivity contribution in [2.75, 3.05) is 0 Å². The summed E-state index contributed by atoms with van der Waals surface area (Å²) in [5.41, 5.74) is 15.0. The summed E-state index contributed by atoms with van der Waals surface area (Å²) >= 11 is 0. The predicted octanol–water partition coefficient (Wildman–Crippen LogP) is 11.4. The quantitative estimate of drug-likeness (QED) is 0.133. The van der Waals surface area contributed by atoms with Gasteiger partial charge < -0.3 is 0 Å². The monoisotopic (exact) mass is 1010 g/mol. The summed E-state index contributed by atoms with van der Waals surface area (Å²) in [6.45, 7) is 0. The minimum Gasteiger partial charge on any atom is -0.0623 e. The van der Waals surface area contributed by atoms with Gasteiger partial charge in [-0.2, -0.15) is 0 Å². The smallest absolute Gasteiger partial charge is 0.0623 e. The van der Waals surface area contributed by atoms with Crippen molar-refractivity contribution in [3.63, 3.8) is 0 Å². The average Bonchev–Trinajstić information content (AvgIpc) is 3.92. The van der Waals surface area contributed by atoms with Gasteiger partial charge in [0.05, 0.1) is 10.8 Å². The first kappa shape index (κ1) is 45.5. The van der Waals surface area contributed by atoms with E-state index in [1.807, 2.05) is 0 Å². The van der Waals surface area contributed by atoms with E-state index in [0.717, 1.165) is 6.42 Å². The minimum absolute atomic E-state index is 0.541. The summed E-state index contributed by atoms with van der Waals surface area (Å²) in [4.78, 5) is 0. The van der Waals surface area contributed by atoms with E-state index < -0.39 is 27.0 Å². The predicted molar refractivity (Wildman–Crippen MR) is 326 cm³/mol. The number of benzene rings is 12. The van der Waals surface area contributed by atoms with Gasteiger partial charge in [0, 0.05) is 0 Å². The third-order valence-corrected chi connectivity index (χ3v) is 27.7. The van der Waals surface area contributed by atoms with E-state index in [2.05, 4.69) is 315 Å². The molecular formula is C75H54Si2. The molecule has 12 aromatic rings. The Labute approximate surface area is 454 Å². The van der Waals surface area contributed by atoms with Crippen molar-refractivity contribution in [2.24, 2.45) is 0 Å². The highest BCUT2D eigenvalue weighted by Crippen LogP contribution is 2.49. The van der Waals surface area contributed by atoms with Gasteiger partial charge in [-0.1, -0.05) is 315 Å². The standard InChI is InChI=1S/C75H54Si2/c1-7-27-56(28-8-1)74(57-29-9-2-10-30-57)66-39-19-23-43-70(66)76(60-35-15-5-16-36-60,71-44-24-20-40-67(71)74)62-49-47-54-51-55-48-50-63(53-65(55)64(54)52-62)77(61-37-17-6-18-38-61)72-45-25-21-41-68(72)75(58-31-11-3-12-32-58,59-33-13-4-14-34-59)69-42-22-26-46-73(69)77/h1-50,52-53H,51H2. The molecule has 3 aliphatic rings. The van der Waals surface area contributed by atoms with Gasteiger partial charge in [-0.05, 0) is 115 Å². The molecule has 362 valence electrons. The Balaban J connectivity index is 1.00. The minimum atomic E-state index is -3.07. The molecule has 0 fully saturated rings. The fourth-order valence-electron chi connectivity index (χ4n) is 15.0. The van der Waals surface area contributed by atoms with Gasteiger partial charge in [0.2, 0.25) is 0 Å². The van der Waals surface area contributed by atoms with Crippen LogP contribution in [0.5, 0.6) is 0 Å². The van der Waals surface area contributed by atoms with E-state index in [9.17, 15) is 0 Å². The van der Waals surface area contributed by atoms with Gasteiger partial charge in [0.1, 0.15) is 0 Å². The summed E-state index contributed by atoms with van der Waals surface area (Å²) in [5, 5.41) is 11.4. The molecule has 12 aromatic carbocycles. The van der Waals surface area contributed by atoms with Gasteiger partial charge in [-0.3, -0.25) is 0 Å². The number of fused-ring (bicyclic) bond motifs is 7. The Morgan fingerprint density at radius 3 is 0.753 bits per heavy atom. The molecule has 0 atom stereocenters. The van der Waals surface area contributed by atoms with Crippen LogP contribution in [0.2, 0.25) is 0 Å². The lowest BCUT2D eigenvalue weighted by atomic mass is 9.65. The lowest BCUT2D eigenvalue weighted by Gasteiger charge is -2.50. The van der Waals surface area contributed by atoms with Crippen LogP contribution < -0.4 is 41.5 Å². The maximum atomic E-state index is 2.66. The molecule has 0 spiro atoms. The van der Waals surface area contributed by atoms with Crippen LogP contribution in [0.3, 0.4) is 0 Å². The van der Waals surface area contributed by atoms with E-state index >= 15 is 0 Å². The molecule has 77 heavy (non-hydrogen) atoms. The molecule has 0 saturated carbocycles. The van der Waals surface area contributed by atoms with Crippen LogP contribution in [0.15, 0.2) is 315 Å². The zero-order valence-corrected chi connectivity index (χ0v) is 44.7. The van der Waals surface area contributed by atoms with Gasteiger partial charge >= 0.3 is 0 Å². The van der Waals surface area contributed by atoms with E-state index in [0.29, 0.717) is 0 Å². The number of rotatable bonds is 8. The molecule has 0 saturated heterocycles. The highest BCUT2D eigenvalue weighted by atomic mass is 28.3. The third-order valence-electron chi connectivity index (χ3n) is 17.9. The fraction of sp³-hybridized carbons (Fsp3) is 0.0400. The van der Waals surface area contributed by atoms with Crippen LogP contribution in [-0.4, -0.2) is 16.1 Å². The van der Waals surface area contributed by atoms with Crippen LogP contribution in [0.25, 0.3) is 11.1 Å². The maximum Gasteiger partial charge on any atom is 0.180 e. The molecule has 1 aliphatic carbocycles. The lowest BCUT2D eigenvalue weighted by molar-refractivity contribution is 0.750. The van der Waals surface area contributed by atoms with E-state index in [4.69, 9.17) is 0 Å². The number of hydrogen-bond donors (Lipinski definition) is 0. The van der Waals surface area contributed by atoms with Crippen LogP contribution in [0, 0.1) is 0 Å². The van der Waals surface area contributed by atoms with E-state index in [1.54, 1.807) is 0 Å². The van der Waals surface area contributed by atoms with Gasteiger partial charge in [0.15, 0.2) is 16.1 Å². The molecule has 0 nitrogen and oxygen atoms in total. The molecule has 0 radical (unpaired) electrons. The van der Waals surface area contributed by atoms with Crippen molar-refractivity contribution >= 4 is 57.6 Å². The first-order valence-electron chi connectivity index (χ1n) is 27.2. The molecular weight excluding hydrogens is 957 g/mol. The second-order valence-corrected chi connectivity index (χ2v) is 28.8. The highest BCUT2D eigenvalue weighted by Gasteiger charge is 2.57. The lowest BCUT2D eigenvalue weighted by Crippen LogP contribution is -2.79. The van der Waals surface area contributed by atoms with Crippen LogP contribution in [-0.2, 0) is 17.3 Å². The number of hydrogen-bond acceptors (Lipinski definition) is 0. The molecule has 15 rings (SSSR count). The summed E-state index contributed by atoms with van der Waals surface area (Å²) in [7, 11) is -6.15. The molecule has 0 aromatic heterocycles. The Bertz CT molecular complexity index is 3720.